The van der Waals surface area contributed by atoms with Crippen LogP contribution in [0.25, 0.3) is 0 Å². The zero-order valence-corrected chi connectivity index (χ0v) is 9.77. The molecular formula is C14H13FN2O. The molecule has 1 heterocycles. The smallest absolute Gasteiger partial charge is 0.224 e. The summed E-state index contributed by atoms with van der Waals surface area (Å²) >= 11 is 0. The minimum atomic E-state index is -0.350. The van der Waals surface area contributed by atoms with Crippen molar-refractivity contribution in [3.63, 3.8) is 0 Å². The molecule has 1 N–H and O–H groups in total. The summed E-state index contributed by atoms with van der Waals surface area (Å²) in [5, 5.41) is 2.74. The van der Waals surface area contributed by atoms with Gasteiger partial charge in [-0.05, 0) is 29.3 Å². The number of carbonyl (C=O) groups excluding carboxylic acids is 1. The summed E-state index contributed by atoms with van der Waals surface area (Å²) in [6.45, 7) is 0.426. The van der Waals surface area contributed by atoms with Crippen molar-refractivity contribution in [2.45, 2.75) is 13.0 Å². The molecule has 0 saturated heterocycles. The highest BCUT2D eigenvalue weighted by molar-refractivity contribution is 5.78. The van der Waals surface area contributed by atoms with E-state index in [9.17, 15) is 9.18 Å². The Morgan fingerprint density at radius 2 is 1.89 bits per heavy atom. The summed E-state index contributed by atoms with van der Waals surface area (Å²) in [5.41, 5.74) is 1.37. The highest BCUT2D eigenvalue weighted by atomic mass is 19.1. The van der Waals surface area contributed by atoms with Crippen LogP contribution < -0.4 is 5.32 Å². The van der Waals surface area contributed by atoms with E-state index in [2.05, 4.69) is 10.3 Å². The molecule has 0 fully saturated rings. The van der Waals surface area contributed by atoms with E-state index >= 15 is 0 Å². The lowest BCUT2D eigenvalue weighted by molar-refractivity contribution is -0.120. The summed E-state index contributed by atoms with van der Waals surface area (Å²) < 4.78 is 13.3. The Balaban J connectivity index is 1.88. The van der Waals surface area contributed by atoms with Gasteiger partial charge in [-0.25, -0.2) is 4.39 Å². The van der Waals surface area contributed by atoms with Crippen LogP contribution in [0.3, 0.4) is 0 Å². The largest absolute Gasteiger partial charge is 0.352 e. The molecule has 0 radical (unpaired) electrons. The monoisotopic (exact) mass is 244 g/mol. The fraction of sp³-hybridized carbons (Fsp3) is 0.143. The topological polar surface area (TPSA) is 42.0 Å². The third-order valence-electron chi connectivity index (χ3n) is 2.55. The predicted molar refractivity (Wildman–Crippen MR) is 66.2 cm³/mol. The number of nitrogens with one attached hydrogen (secondary N) is 1. The van der Waals surface area contributed by atoms with Crippen molar-refractivity contribution in [1.82, 2.24) is 10.3 Å². The van der Waals surface area contributed by atoms with Crippen LogP contribution in [0.4, 0.5) is 4.39 Å². The van der Waals surface area contributed by atoms with Crippen LogP contribution in [0, 0.1) is 5.82 Å². The van der Waals surface area contributed by atoms with Crippen molar-refractivity contribution in [1.29, 1.82) is 0 Å². The number of aromatic nitrogens is 1. The summed E-state index contributed by atoms with van der Waals surface area (Å²) in [5.74, 6) is -0.548. The second kappa shape index (κ2) is 5.91. The minimum Gasteiger partial charge on any atom is -0.352 e. The van der Waals surface area contributed by atoms with Crippen LogP contribution in [0.15, 0.2) is 48.8 Å². The molecule has 2 rings (SSSR count). The molecule has 4 heteroatoms. The summed E-state index contributed by atoms with van der Waals surface area (Å²) in [4.78, 5) is 15.5. The highest BCUT2D eigenvalue weighted by Crippen LogP contribution is 2.07. The Morgan fingerprint density at radius 1 is 1.17 bits per heavy atom. The molecule has 1 aromatic carbocycles. The molecule has 0 saturated carbocycles. The molecule has 0 atom stereocenters. The molecule has 92 valence electrons. The van der Waals surface area contributed by atoms with E-state index in [0.717, 1.165) is 5.56 Å². The number of pyridine rings is 1. The molecule has 3 nitrogen and oxygen atoms in total. The first kappa shape index (κ1) is 12.2. The van der Waals surface area contributed by atoms with Crippen LogP contribution in [0.2, 0.25) is 0 Å². The SMILES string of the molecule is O=C(Cc1ccccc1F)NCc1ccncc1. The average molecular weight is 244 g/mol. The molecule has 1 aromatic heterocycles. The normalized spacial score (nSPS) is 10.1. The number of amides is 1. The van der Waals surface area contributed by atoms with Gasteiger partial charge < -0.3 is 5.32 Å². The Labute approximate surface area is 105 Å². The van der Waals surface area contributed by atoms with Gasteiger partial charge in [0.25, 0.3) is 0 Å². The lowest BCUT2D eigenvalue weighted by Gasteiger charge is -2.05. The Kier molecular flexibility index (Phi) is 4.02. The third-order valence-corrected chi connectivity index (χ3v) is 2.55. The van der Waals surface area contributed by atoms with Crippen molar-refractivity contribution in [3.8, 4) is 0 Å². The predicted octanol–water partition coefficient (Wildman–Crippen LogP) is 2.08. The van der Waals surface area contributed by atoms with Gasteiger partial charge in [0.05, 0.1) is 6.42 Å². The maximum Gasteiger partial charge on any atom is 0.224 e. The maximum absolute atomic E-state index is 13.3. The summed E-state index contributed by atoms with van der Waals surface area (Å²) in [6.07, 6.45) is 3.38. The highest BCUT2D eigenvalue weighted by Gasteiger charge is 2.06. The number of hydrogen-bond acceptors (Lipinski definition) is 2. The van der Waals surface area contributed by atoms with Crippen molar-refractivity contribution < 1.29 is 9.18 Å². The van der Waals surface area contributed by atoms with Gasteiger partial charge in [-0.1, -0.05) is 18.2 Å². The molecule has 2 aromatic rings. The molecule has 0 aliphatic carbocycles. The minimum absolute atomic E-state index is 0.0533. The van der Waals surface area contributed by atoms with Crippen LogP contribution in [0.5, 0.6) is 0 Å². The van der Waals surface area contributed by atoms with E-state index in [1.54, 1.807) is 30.6 Å². The fourth-order valence-corrected chi connectivity index (χ4v) is 1.58. The standard InChI is InChI=1S/C14H13FN2O/c15-13-4-2-1-3-12(13)9-14(18)17-10-11-5-7-16-8-6-11/h1-8H,9-10H2,(H,17,18). The number of carbonyl (C=O) groups is 1. The number of nitrogens with zero attached hydrogens (tertiary/aromatic N) is 1. The van der Waals surface area contributed by atoms with Gasteiger partial charge in [0.2, 0.25) is 5.91 Å². The van der Waals surface area contributed by atoms with Crippen LogP contribution in [0.1, 0.15) is 11.1 Å². The molecule has 0 bridgehead atoms. The quantitative estimate of drug-likeness (QED) is 0.894. The van der Waals surface area contributed by atoms with E-state index in [4.69, 9.17) is 0 Å². The lowest BCUT2D eigenvalue weighted by Crippen LogP contribution is -2.24. The zero-order valence-electron chi connectivity index (χ0n) is 9.77. The van der Waals surface area contributed by atoms with Crippen LogP contribution >= 0.6 is 0 Å². The van der Waals surface area contributed by atoms with Gasteiger partial charge in [-0.15, -0.1) is 0 Å². The van der Waals surface area contributed by atoms with Crippen molar-refractivity contribution >= 4 is 5.91 Å². The first-order valence-corrected chi connectivity index (χ1v) is 5.65. The second-order valence-corrected chi connectivity index (χ2v) is 3.90. The van der Waals surface area contributed by atoms with Crippen LogP contribution in [-0.4, -0.2) is 10.9 Å². The van der Waals surface area contributed by atoms with Gasteiger partial charge >= 0.3 is 0 Å². The number of benzene rings is 1. The molecule has 1 amide bonds. The molecule has 18 heavy (non-hydrogen) atoms. The average Bonchev–Trinajstić information content (AvgIpc) is 2.40. The number of rotatable bonds is 4. The lowest BCUT2D eigenvalue weighted by atomic mass is 10.1. The van der Waals surface area contributed by atoms with Crippen LogP contribution in [-0.2, 0) is 17.8 Å². The zero-order chi connectivity index (χ0) is 12.8. The third kappa shape index (κ3) is 3.38. The van der Waals surface area contributed by atoms with Gasteiger partial charge in [-0.2, -0.15) is 0 Å². The molecule has 0 aliphatic heterocycles. The maximum atomic E-state index is 13.3. The first-order chi connectivity index (χ1) is 8.75. The van der Waals surface area contributed by atoms with E-state index in [1.807, 2.05) is 12.1 Å². The van der Waals surface area contributed by atoms with Crippen molar-refractivity contribution in [2.24, 2.45) is 0 Å². The molecular weight excluding hydrogens is 231 g/mol. The van der Waals surface area contributed by atoms with E-state index in [-0.39, 0.29) is 18.1 Å². The van der Waals surface area contributed by atoms with E-state index in [1.165, 1.54) is 6.07 Å². The summed E-state index contributed by atoms with van der Waals surface area (Å²) in [6, 6.07) is 9.93. The molecule has 0 unspecified atom stereocenters. The molecule has 0 aliphatic rings. The fourth-order valence-electron chi connectivity index (χ4n) is 1.58. The number of halogens is 1. The summed E-state index contributed by atoms with van der Waals surface area (Å²) in [7, 11) is 0. The van der Waals surface area contributed by atoms with Gasteiger partial charge in [0, 0.05) is 18.9 Å². The number of hydrogen-bond donors (Lipinski definition) is 1. The van der Waals surface area contributed by atoms with Gasteiger partial charge in [-0.3, -0.25) is 9.78 Å². The Morgan fingerprint density at radius 3 is 2.61 bits per heavy atom. The van der Waals surface area contributed by atoms with Crippen molar-refractivity contribution in [2.75, 3.05) is 0 Å². The van der Waals surface area contributed by atoms with Crippen molar-refractivity contribution in [3.05, 3.63) is 65.7 Å². The Bertz CT molecular complexity index is 528. The van der Waals surface area contributed by atoms with Gasteiger partial charge in [0.15, 0.2) is 0 Å². The molecule has 0 spiro atoms. The van der Waals surface area contributed by atoms with E-state index in [0.29, 0.717) is 12.1 Å². The first-order valence-electron chi connectivity index (χ1n) is 5.65. The van der Waals surface area contributed by atoms with Gasteiger partial charge in [0.1, 0.15) is 5.82 Å². The van der Waals surface area contributed by atoms with E-state index < -0.39 is 0 Å². The Hall–Kier alpha value is -2.23. The second-order valence-electron chi connectivity index (χ2n) is 3.90.